The van der Waals surface area contributed by atoms with Gasteiger partial charge in [0, 0.05) is 49.4 Å². The van der Waals surface area contributed by atoms with Gasteiger partial charge in [0.05, 0.1) is 6.20 Å². The van der Waals surface area contributed by atoms with E-state index < -0.39 is 5.60 Å². The molecule has 0 atom stereocenters. The molecular formula is C21H26N6O2. The monoisotopic (exact) mass is 394 g/mol. The van der Waals surface area contributed by atoms with E-state index in [1.807, 2.05) is 17.2 Å². The minimum atomic E-state index is -1.01. The lowest BCUT2D eigenvalue weighted by Crippen LogP contribution is -2.34. The van der Waals surface area contributed by atoms with Gasteiger partial charge >= 0.3 is 0 Å². The number of aromatic amines is 1. The summed E-state index contributed by atoms with van der Waals surface area (Å²) in [5.41, 5.74) is 2.85. The summed E-state index contributed by atoms with van der Waals surface area (Å²) in [6.45, 7) is 5.31. The van der Waals surface area contributed by atoms with E-state index in [1.54, 1.807) is 30.9 Å². The number of pyridine rings is 1. The van der Waals surface area contributed by atoms with E-state index in [0.717, 1.165) is 24.0 Å². The van der Waals surface area contributed by atoms with Crippen molar-refractivity contribution in [1.29, 1.82) is 0 Å². The fourth-order valence-electron chi connectivity index (χ4n) is 3.60. The third-order valence-electron chi connectivity index (χ3n) is 5.30. The lowest BCUT2D eigenvalue weighted by molar-refractivity contribution is -0.130. The standard InChI is InChI=1S/C21H26N6O2/c1-21(2,29)18-14-27(25-24-18)10-4-6-19(28)26-11-7-15(8-12-26)17-13-23-20-16(17)5-3-9-22-20/h3,5,7,9,13-14,29H,4,6,8,10-12H2,1-2H3,(H,22,23). The Hall–Kier alpha value is -3.00. The van der Waals surface area contributed by atoms with Gasteiger partial charge in [0.2, 0.25) is 5.91 Å². The first-order chi connectivity index (χ1) is 13.9. The van der Waals surface area contributed by atoms with E-state index in [2.05, 4.69) is 32.4 Å². The Morgan fingerprint density at radius 2 is 2.24 bits per heavy atom. The number of aliphatic hydroxyl groups is 1. The van der Waals surface area contributed by atoms with Crippen molar-refractivity contribution >= 4 is 22.5 Å². The normalized spacial score (nSPS) is 15.0. The van der Waals surface area contributed by atoms with Crippen LogP contribution in [-0.4, -0.2) is 54.0 Å². The molecule has 3 aromatic heterocycles. The second kappa shape index (κ2) is 7.79. The quantitative estimate of drug-likeness (QED) is 0.669. The largest absolute Gasteiger partial charge is 0.384 e. The number of carbonyl (C=O) groups excluding carboxylic acids is 1. The van der Waals surface area contributed by atoms with Gasteiger partial charge in [-0.2, -0.15) is 0 Å². The minimum absolute atomic E-state index is 0.156. The van der Waals surface area contributed by atoms with E-state index in [9.17, 15) is 9.90 Å². The van der Waals surface area contributed by atoms with Crippen molar-refractivity contribution in [2.75, 3.05) is 13.1 Å². The summed E-state index contributed by atoms with van der Waals surface area (Å²) in [6.07, 6.45) is 9.66. The number of hydrogen-bond acceptors (Lipinski definition) is 5. The Balaban J connectivity index is 1.30. The number of fused-ring (bicyclic) bond motifs is 1. The fraction of sp³-hybridized carbons (Fsp3) is 0.429. The van der Waals surface area contributed by atoms with Crippen molar-refractivity contribution in [3.8, 4) is 0 Å². The van der Waals surface area contributed by atoms with E-state index >= 15 is 0 Å². The van der Waals surface area contributed by atoms with Crippen LogP contribution in [0.1, 0.15) is 44.4 Å². The van der Waals surface area contributed by atoms with Crippen LogP contribution in [-0.2, 0) is 16.9 Å². The first-order valence-corrected chi connectivity index (χ1v) is 9.94. The number of aromatic nitrogens is 5. The smallest absolute Gasteiger partial charge is 0.222 e. The van der Waals surface area contributed by atoms with Crippen LogP contribution in [0.2, 0.25) is 0 Å². The summed E-state index contributed by atoms with van der Waals surface area (Å²) in [4.78, 5) is 22.0. The number of nitrogens with one attached hydrogen (secondary N) is 1. The van der Waals surface area contributed by atoms with E-state index in [0.29, 0.717) is 31.6 Å². The Morgan fingerprint density at radius 3 is 2.97 bits per heavy atom. The van der Waals surface area contributed by atoms with Crippen LogP contribution in [0, 0.1) is 0 Å². The van der Waals surface area contributed by atoms with Crippen molar-refractivity contribution in [2.45, 2.75) is 45.3 Å². The highest BCUT2D eigenvalue weighted by atomic mass is 16.3. The van der Waals surface area contributed by atoms with Crippen molar-refractivity contribution in [3.05, 3.63) is 48.1 Å². The molecule has 1 aliphatic heterocycles. The van der Waals surface area contributed by atoms with Crippen molar-refractivity contribution in [2.24, 2.45) is 0 Å². The van der Waals surface area contributed by atoms with Gasteiger partial charge < -0.3 is 15.0 Å². The van der Waals surface area contributed by atoms with Crippen LogP contribution < -0.4 is 0 Å². The lowest BCUT2D eigenvalue weighted by atomic mass is 9.99. The zero-order valence-corrected chi connectivity index (χ0v) is 16.8. The van der Waals surface area contributed by atoms with E-state index in [1.165, 1.54) is 11.1 Å². The number of hydrogen-bond donors (Lipinski definition) is 2. The topological polar surface area (TPSA) is 99.9 Å². The number of amides is 1. The molecule has 0 fully saturated rings. The van der Waals surface area contributed by atoms with Crippen LogP contribution in [0.25, 0.3) is 16.6 Å². The van der Waals surface area contributed by atoms with Gasteiger partial charge in [0.15, 0.2) is 0 Å². The maximum atomic E-state index is 12.6. The lowest BCUT2D eigenvalue weighted by Gasteiger charge is -2.26. The van der Waals surface area contributed by atoms with Crippen molar-refractivity contribution in [1.82, 2.24) is 29.9 Å². The van der Waals surface area contributed by atoms with Crippen LogP contribution in [0.15, 0.2) is 36.8 Å². The van der Waals surface area contributed by atoms with Gasteiger partial charge in [0.1, 0.15) is 16.9 Å². The Morgan fingerprint density at radius 1 is 1.38 bits per heavy atom. The molecule has 0 aromatic carbocycles. The molecule has 2 N–H and O–H groups in total. The molecule has 0 aliphatic carbocycles. The maximum absolute atomic E-state index is 12.6. The molecule has 4 heterocycles. The third kappa shape index (κ3) is 4.22. The average Bonchev–Trinajstić information content (AvgIpc) is 3.35. The molecule has 0 saturated heterocycles. The van der Waals surface area contributed by atoms with Crippen LogP contribution in [0.5, 0.6) is 0 Å². The second-order valence-corrected chi connectivity index (χ2v) is 7.95. The van der Waals surface area contributed by atoms with Crippen molar-refractivity contribution in [3.63, 3.8) is 0 Å². The van der Waals surface area contributed by atoms with Gasteiger partial charge in [-0.15, -0.1) is 5.10 Å². The number of aryl methyl sites for hydroxylation is 1. The summed E-state index contributed by atoms with van der Waals surface area (Å²) in [7, 11) is 0. The second-order valence-electron chi connectivity index (χ2n) is 7.95. The third-order valence-corrected chi connectivity index (χ3v) is 5.30. The molecule has 1 aliphatic rings. The van der Waals surface area contributed by atoms with Crippen LogP contribution >= 0.6 is 0 Å². The predicted molar refractivity (Wildman–Crippen MR) is 110 cm³/mol. The molecule has 8 nitrogen and oxygen atoms in total. The fourth-order valence-corrected chi connectivity index (χ4v) is 3.60. The molecule has 3 aromatic rings. The summed E-state index contributed by atoms with van der Waals surface area (Å²) in [6, 6.07) is 4.01. The molecule has 152 valence electrons. The maximum Gasteiger partial charge on any atom is 0.222 e. The molecule has 0 bridgehead atoms. The van der Waals surface area contributed by atoms with Gasteiger partial charge in [0.25, 0.3) is 0 Å². The van der Waals surface area contributed by atoms with Gasteiger partial charge in [-0.05, 0) is 44.4 Å². The Labute approximate surface area is 169 Å². The highest BCUT2D eigenvalue weighted by Gasteiger charge is 2.21. The SMILES string of the molecule is CC(C)(O)c1cn(CCCC(=O)N2CC=C(c3c[nH]c4ncccc34)CC2)nn1. The van der Waals surface area contributed by atoms with E-state index in [-0.39, 0.29) is 5.91 Å². The molecule has 0 radical (unpaired) electrons. The zero-order valence-electron chi connectivity index (χ0n) is 16.8. The summed E-state index contributed by atoms with van der Waals surface area (Å²) < 4.78 is 1.68. The molecule has 4 rings (SSSR count). The highest BCUT2D eigenvalue weighted by Crippen LogP contribution is 2.28. The van der Waals surface area contributed by atoms with Crippen LogP contribution in [0.3, 0.4) is 0 Å². The predicted octanol–water partition coefficient (Wildman–Crippen LogP) is 2.48. The van der Waals surface area contributed by atoms with Crippen LogP contribution in [0.4, 0.5) is 0 Å². The molecule has 0 unspecified atom stereocenters. The molecule has 0 saturated carbocycles. The summed E-state index contributed by atoms with van der Waals surface area (Å²) in [5, 5.41) is 19.1. The summed E-state index contributed by atoms with van der Waals surface area (Å²) >= 11 is 0. The molecular weight excluding hydrogens is 368 g/mol. The number of nitrogens with zero attached hydrogens (tertiary/aromatic N) is 5. The first kappa shape index (κ1) is 19.3. The Kier molecular flexibility index (Phi) is 5.19. The number of H-pyrrole nitrogens is 1. The molecule has 0 spiro atoms. The van der Waals surface area contributed by atoms with Gasteiger partial charge in [-0.25, -0.2) is 4.98 Å². The number of rotatable bonds is 6. The zero-order chi connectivity index (χ0) is 20.4. The molecule has 1 amide bonds. The van der Waals surface area contributed by atoms with Gasteiger partial charge in [-0.1, -0.05) is 11.3 Å². The van der Waals surface area contributed by atoms with E-state index in [4.69, 9.17) is 0 Å². The minimum Gasteiger partial charge on any atom is -0.384 e. The highest BCUT2D eigenvalue weighted by molar-refractivity contribution is 5.91. The number of carbonyl (C=O) groups is 1. The first-order valence-electron chi connectivity index (χ1n) is 9.94. The van der Waals surface area contributed by atoms with Crippen molar-refractivity contribution < 1.29 is 9.90 Å². The summed E-state index contributed by atoms with van der Waals surface area (Å²) in [5.74, 6) is 0.156. The Bertz CT molecular complexity index is 1040. The average molecular weight is 394 g/mol. The van der Waals surface area contributed by atoms with Gasteiger partial charge in [-0.3, -0.25) is 9.48 Å². The molecule has 8 heteroatoms. The molecule has 29 heavy (non-hydrogen) atoms.